The van der Waals surface area contributed by atoms with Crippen molar-refractivity contribution in [3.05, 3.63) is 0 Å². The Balaban J connectivity index is 2.20. The molecule has 0 spiro atoms. The Hall–Kier alpha value is -1.34. The molecule has 0 bridgehead atoms. The molecule has 116 valence electrons. The van der Waals surface area contributed by atoms with Crippen LogP contribution in [0.1, 0.15) is 19.3 Å². The smallest absolute Gasteiger partial charge is 0.326 e. The first kappa shape index (κ1) is 16.7. The van der Waals surface area contributed by atoms with Gasteiger partial charge in [0, 0.05) is 40.3 Å². The summed E-state index contributed by atoms with van der Waals surface area (Å²) in [5.74, 6) is -0.367. The summed E-state index contributed by atoms with van der Waals surface area (Å²) in [6.45, 7) is 1.94. The molecule has 1 aliphatic carbocycles. The maximum atomic E-state index is 11.8. The fourth-order valence-electron chi connectivity index (χ4n) is 1.59. The van der Waals surface area contributed by atoms with Crippen LogP contribution in [0.3, 0.4) is 0 Å². The SMILES string of the molecule is COCCC(NC(=O)N(C)CCOCC1CC1)C(=O)O. The fraction of sp³-hybridized carbons (Fsp3) is 0.846. The number of aliphatic carboxylic acids is 1. The minimum absolute atomic E-state index is 0.240. The first-order valence-electron chi connectivity index (χ1n) is 6.85. The molecule has 7 nitrogen and oxygen atoms in total. The van der Waals surface area contributed by atoms with E-state index in [1.54, 1.807) is 7.05 Å². The van der Waals surface area contributed by atoms with E-state index in [0.29, 0.717) is 19.1 Å². The minimum Gasteiger partial charge on any atom is -0.480 e. The van der Waals surface area contributed by atoms with Crippen molar-refractivity contribution >= 4 is 12.0 Å². The standard InChI is InChI=1S/C13H24N2O5/c1-15(6-8-20-9-10-3-4-10)13(18)14-11(12(16)17)5-7-19-2/h10-11H,3-9H2,1-2H3,(H,14,18)(H,16,17). The molecule has 0 radical (unpaired) electrons. The van der Waals surface area contributed by atoms with E-state index >= 15 is 0 Å². The van der Waals surface area contributed by atoms with Gasteiger partial charge in [0.2, 0.25) is 0 Å². The highest BCUT2D eigenvalue weighted by molar-refractivity contribution is 5.82. The molecule has 1 fully saturated rings. The Kier molecular flexibility index (Phi) is 7.32. The highest BCUT2D eigenvalue weighted by Gasteiger charge is 2.22. The van der Waals surface area contributed by atoms with Gasteiger partial charge >= 0.3 is 12.0 Å². The Morgan fingerprint density at radius 2 is 2.10 bits per heavy atom. The average molecular weight is 288 g/mol. The van der Waals surface area contributed by atoms with E-state index in [-0.39, 0.29) is 13.0 Å². The second kappa shape index (κ2) is 8.76. The fourth-order valence-corrected chi connectivity index (χ4v) is 1.59. The van der Waals surface area contributed by atoms with Gasteiger partial charge in [0.15, 0.2) is 0 Å². The summed E-state index contributed by atoms with van der Waals surface area (Å²) in [6, 6.07) is -1.35. The number of carboxylic acid groups (broad SMARTS) is 1. The summed E-state index contributed by atoms with van der Waals surface area (Å²) < 4.78 is 10.3. The van der Waals surface area contributed by atoms with Crippen molar-refractivity contribution in [1.29, 1.82) is 0 Å². The van der Waals surface area contributed by atoms with Crippen LogP contribution >= 0.6 is 0 Å². The number of ether oxygens (including phenoxy) is 2. The molecule has 0 saturated heterocycles. The number of carboxylic acids is 1. The molecule has 7 heteroatoms. The number of carbonyl (C=O) groups excluding carboxylic acids is 1. The van der Waals surface area contributed by atoms with Gasteiger partial charge in [-0.3, -0.25) is 0 Å². The van der Waals surface area contributed by atoms with Crippen LogP contribution in [-0.2, 0) is 14.3 Å². The zero-order valence-electron chi connectivity index (χ0n) is 12.1. The van der Waals surface area contributed by atoms with Crippen molar-refractivity contribution in [2.45, 2.75) is 25.3 Å². The summed E-state index contributed by atoms with van der Waals surface area (Å²) in [5, 5.41) is 11.5. The van der Waals surface area contributed by atoms with Gasteiger partial charge in [0.25, 0.3) is 0 Å². The van der Waals surface area contributed by atoms with Gasteiger partial charge in [-0.1, -0.05) is 0 Å². The minimum atomic E-state index is -1.06. The van der Waals surface area contributed by atoms with Gasteiger partial charge in [-0.25, -0.2) is 9.59 Å². The quantitative estimate of drug-likeness (QED) is 0.573. The number of methoxy groups -OCH3 is 1. The Morgan fingerprint density at radius 1 is 1.40 bits per heavy atom. The predicted octanol–water partition coefficient (Wildman–Crippen LogP) is 0.544. The lowest BCUT2D eigenvalue weighted by molar-refractivity contribution is -0.139. The molecule has 2 N–H and O–H groups in total. The van der Waals surface area contributed by atoms with Crippen molar-refractivity contribution in [1.82, 2.24) is 10.2 Å². The number of amides is 2. The first-order chi connectivity index (χ1) is 9.54. The van der Waals surface area contributed by atoms with Crippen LogP contribution in [0.4, 0.5) is 4.79 Å². The molecule has 0 aromatic carbocycles. The van der Waals surface area contributed by atoms with E-state index in [1.807, 2.05) is 0 Å². The number of hydrogen-bond acceptors (Lipinski definition) is 4. The van der Waals surface area contributed by atoms with Crippen molar-refractivity contribution < 1.29 is 24.2 Å². The average Bonchev–Trinajstić information content (AvgIpc) is 3.22. The molecule has 1 atom stereocenters. The van der Waals surface area contributed by atoms with Crippen molar-refractivity contribution in [3.63, 3.8) is 0 Å². The number of nitrogens with zero attached hydrogens (tertiary/aromatic N) is 1. The van der Waals surface area contributed by atoms with Crippen LogP contribution in [0.25, 0.3) is 0 Å². The summed E-state index contributed by atoms with van der Waals surface area (Å²) in [4.78, 5) is 24.2. The summed E-state index contributed by atoms with van der Waals surface area (Å²) >= 11 is 0. The third-order valence-electron chi connectivity index (χ3n) is 3.17. The van der Waals surface area contributed by atoms with E-state index in [0.717, 1.165) is 6.61 Å². The lowest BCUT2D eigenvalue weighted by Crippen LogP contribution is -2.47. The lowest BCUT2D eigenvalue weighted by atomic mass is 10.2. The number of nitrogens with one attached hydrogen (secondary N) is 1. The molecule has 20 heavy (non-hydrogen) atoms. The van der Waals surface area contributed by atoms with Crippen molar-refractivity contribution in [2.75, 3.05) is 40.5 Å². The zero-order valence-corrected chi connectivity index (χ0v) is 12.1. The van der Waals surface area contributed by atoms with Gasteiger partial charge in [0.1, 0.15) is 6.04 Å². The molecular formula is C13H24N2O5. The number of likely N-dealkylation sites (N-methyl/N-ethyl adjacent to an activating group) is 1. The van der Waals surface area contributed by atoms with Crippen molar-refractivity contribution in [3.8, 4) is 0 Å². The highest BCUT2D eigenvalue weighted by Crippen LogP contribution is 2.28. The monoisotopic (exact) mass is 288 g/mol. The first-order valence-corrected chi connectivity index (χ1v) is 6.85. The molecule has 0 aromatic heterocycles. The third kappa shape index (κ3) is 6.72. The van der Waals surface area contributed by atoms with E-state index in [1.165, 1.54) is 24.9 Å². The number of hydrogen-bond donors (Lipinski definition) is 2. The van der Waals surface area contributed by atoms with Crippen LogP contribution < -0.4 is 5.32 Å². The van der Waals surface area contributed by atoms with Gasteiger partial charge < -0.3 is 24.8 Å². The highest BCUT2D eigenvalue weighted by atomic mass is 16.5. The van der Waals surface area contributed by atoms with Crippen LogP contribution in [-0.4, -0.2) is 68.6 Å². The van der Waals surface area contributed by atoms with Gasteiger partial charge in [-0.2, -0.15) is 0 Å². The van der Waals surface area contributed by atoms with Crippen LogP contribution in [0, 0.1) is 5.92 Å². The van der Waals surface area contributed by atoms with E-state index in [4.69, 9.17) is 14.6 Å². The van der Waals surface area contributed by atoms with Crippen molar-refractivity contribution in [2.24, 2.45) is 5.92 Å². The largest absolute Gasteiger partial charge is 0.480 e. The summed E-state index contributed by atoms with van der Waals surface area (Å²) in [6.07, 6.45) is 2.70. The topological polar surface area (TPSA) is 88.1 Å². The Morgan fingerprint density at radius 3 is 2.65 bits per heavy atom. The molecule has 1 rings (SSSR count). The number of carbonyl (C=O) groups is 2. The van der Waals surface area contributed by atoms with E-state index in [9.17, 15) is 9.59 Å². The molecule has 1 aliphatic rings. The summed E-state index contributed by atoms with van der Waals surface area (Å²) in [5.41, 5.74) is 0. The van der Waals surface area contributed by atoms with Crippen LogP contribution in [0.2, 0.25) is 0 Å². The Labute approximate surface area is 119 Å². The van der Waals surface area contributed by atoms with E-state index in [2.05, 4.69) is 5.32 Å². The Bertz CT molecular complexity index is 320. The van der Waals surface area contributed by atoms with Gasteiger partial charge in [-0.05, 0) is 18.8 Å². The van der Waals surface area contributed by atoms with E-state index < -0.39 is 18.0 Å². The van der Waals surface area contributed by atoms with Gasteiger partial charge in [-0.15, -0.1) is 0 Å². The molecule has 0 aromatic rings. The number of urea groups is 1. The molecule has 1 saturated carbocycles. The second-order valence-electron chi connectivity index (χ2n) is 5.06. The second-order valence-corrected chi connectivity index (χ2v) is 5.06. The molecule has 1 unspecified atom stereocenters. The third-order valence-corrected chi connectivity index (χ3v) is 3.17. The van der Waals surface area contributed by atoms with Crippen LogP contribution in [0.15, 0.2) is 0 Å². The number of rotatable bonds is 10. The molecule has 2 amide bonds. The normalized spacial score (nSPS) is 15.7. The maximum Gasteiger partial charge on any atom is 0.326 e. The zero-order chi connectivity index (χ0) is 15.0. The maximum absolute atomic E-state index is 11.8. The predicted molar refractivity (Wildman–Crippen MR) is 72.6 cm³/mol. The van der Waals surface area contributed by atoms with Crippen LogP contribution in [0.5, 0.6) is 0 Å². The molecular weight excluding hydrogens is 264 g/mol. The summed E-state index contributed by atoms with van der Waals surface area (Å²) in [7, 11) is 3.11. The molecule has 0 aliphatic heterocycles. The van der Waals surface area contributed by atoms with Gasteiger partial charge in [0.05, 0.1) is 6.61 Å². The lowest BCUT2D eigenvalue weighted by Gasteiger charge is -2.21. The molecule has 0 heterocycles.